The van der Waals surface area contributed by atoms with Crippen LogP contribution in [0.5, 0.6) is 0 Å². The normalized spacial score (nSPS) is 12.7. The number of rotatable bonds is 11. The maximum atomic E-state index is 5.68. The van der Waals surface area contributed by atoms with E-state index in [2.05, 4.69) is 25.7 Å². The van der Waals surface area contributed by atoms with Crippen molar-refractivity contribution in [2.75, 3.05) is 19.7 Å². The second-order valence-electron chi connectivity index (χ2n) is 4.00. The van der Waals surface area contributed by atoms with Gasteiger partial charge in [0.25, 0.3) is 0 Å². The Kier molecular flexibility index (Phi) is 11.5. The van der Waals surface area contributed by atoms with Crippen molar-refractivity contribution in [1.29, 1.82) is 0 Å². The predicted octanol–water partition coefficient (Wildman–Crippen LogP) is 3.14. The quantitative estimate of drug-likeness (QED) is 0.420. The van der Waals surface area contributed by atoms with E-state index in [9.17, 15) is 0 Å². The number of hydrogen-bond acceptors (Lipinski definition) is 2. The molecular formula is C13H27NO. The van der Waals surface area contributed by atoms with E-state index >= 15 is 0 Å². The number of hydrogen-bond donors (Lipinski definition) is 1. The Morgan fingerprint density at radius 3 is 2.80 bits per heavy atom. The second kappa shape index (κ2) is 11.7. The second-order valence-corrected chi connectivity index (χ2v) is 4.00. The zero-order valence-electron chi connectivity index (χ0n) is 10.4. The molecule has 2 nitrogen and oxygen atoms in total. The molecule has 0 saturated heterocycles. The molecule has 0 heterocycles. The molecule has 0 aliphatic heterocycles. The molecule has 1 atom stereocenters. The van der Waals surface area contributed by atoms with Crippen LogP contribution in [0.4, 0.5) is 0 Å². The summed E-state index contributed by atoms with van der Waals surface area (Å²) in [5.41, 5.74) is 0. The molecule has 0 aliphatic rings. The number of unbranched alkanes of at least 4 members (excludes halogenated alkanes) is 1. The van der Waals surface area contributed by atoms with Crippen LogP contribution in [0.2, 0.25) is 0 Å². The van der Waals surface area contributed by atoms with E-state index in [1.165, 1.54) is 12.8 Å². The number of allylic oxidation sites excluding steroid dienone is 1. The molecule has 0 aromatic carbocycles. The van der Waals surface area contributed by atoms with Crippen LogP contribution in [0.25, 0.3) is 0 Å². The van der Waals surface area contributed by atoms with Gasteiger partial charge in [-0.3, -0.25) is 0 Å². The SMILES string of the molecule is C=CCCCOC(C)CCCNCCC. The summed E-state index contributed by atoms with van der Waals surface area (Å²) in [6.45, 7) is 11.2. The molecule has 1 N–H and O–H groups in total. The minimum absolute atomic E-state index is 0.401. The van der Waals surface area contributed by atoms with Gasteiger partial charge < -0.3 is 10.1 Å². The number of nitrogens with one attached hydrogen (secondary N) is 1. The molecule has 0 amide bonds. The molecule has 0 saturated carbocycles. The summed E-state index contributed by atoms with van der Waals surface area (Å²) in [5.74, 6) is 0. The van der Waals surface area contributed by atoms with Crippen molar-refractivity contribution < 1.29 is 4.74 Å². The molecule has 15 heavy (non-hydrogen) atoms. The summed E-state index contributed by atoms with van der Waals surface area (Å²) in [7, 11) is 0. The van der Waals surface area contributed by atoms with Crippen LogP contribution in [0.3, 0.4) is 0 Å². The Bertz CT molecular complexity index is 136. The van der Waals surface area contributed by atoms with Gasteiger partial charge in [0, 0.05) is 6.61 Å². The summed E-state index contributed by atoms with van der Waals surface area (Å²) >= 11 is 0. The highest BCUT2D eigenvalue weighted by molar-refractivity contribution is 4.65. The zero-order valence-corrected chi connectivity index (χ0v) is 10.4. The first kappa shape index (κ1) is 14.7. The molecule has 0 radical (unpaired) electrons. The van der Waals surface area contributed by atoms with Gasteiger partial charge in [0.15, 0.2) is 0 Å². The van der Waals surface area contributed by atoms with Crippen LogP contribution in [-0.4, -0.2) is 25.8 Å². The highest BCUT2D eigenvalue weighted by atomic mass is 16.5. The molecule has 0 spiro atoms. The Labute approximate surface area is 95.1 Å². The Balaban J connectivity index is 3.11. The van der Waals surface area contributed by atoms with Gasteiger partial charge in [-0.15, -0.1) is 6.58 Å². The molecule has 0 aliphatic carbocycles. The van der Waals surface area contributed by atoms with Gasteiger partial charge in [0.05, 0.1) is 6.10 Å². The lowest BCUT2D eigenvalue weighted by molar-refractivity contribution is 0.0578. The van der Waals surface area contributed by atoms with E-state index in [0.717, 1.165) is 39.0 Å². The van der Waals surface area contributed by atoms with E-state index in [1.54, 1.807) is 0 Å². The molecule has 2 heteroatoms. The molecule has 0 rings (SSSR count). The van der Waals surface area contributed by atoms with E-state index in [4.69, 9.17) is 4.74 Å². The summed E-state index contributed by atoms with van der Waals surface area (Å²) < 4.78 is 5.68. The molecular weight excluding hydrogens is 186 g/mol. The first-order valence-electron chi connectivity index (χ1n) is 6.24. The Hall–Kier alpha value is -0.340. The van der Waals surface area contributed by atoms with Crippen molar-refractivity contribution >= 4 is 0 Å². The summed E-state index contributed by atoms with van der Waals surface area (Å²) in [4.78, 5) is 0. The average Bonchev–Trinajstić information content (AvgIpc) is 2.24. The molecule has 0 fully saturated rings. The third-order valence-corrected chi connectivity index (χ3v) is 2.35. The lowest BCUT2D eigenvalue weighted by Crippen LogP contribution is -2.18. The summed E-state index contributed by atoms with van der Waals surface area (Å²) in [6, 6.07) is 0. The minimum Gasteiger partial charge on any atom is -0.378 e. The van der Waals surface area contributed by atoms with Crippen molar-refractivity contribution in [3.05, 3.63) is 12.7 Å². The molecule has 1 unspecified atom stereocenters. The molecule has 0 bridgehead atoms. The minimum atomic E-state index is 0.401. The standard InChI is InChI=1S/C13H27NO/c1-4-6-7-12-15-13(3)9-8-11-14-10-5-2/h4,13-14H,1,5-12H2,2-3H3. The third kappa shape index (κ3) is 11.6. The highest BCUT2D eigenvalue weighted by Gasteiger charge is 2.00. The monoisotopic (exact) mass is 213 g/mol. The van der Waals surface area contributed by atoms with Gasteiger partial charge in [-0.05, 0) is 52.1 Å². The Morgan fingerprint density at radius 1 is 1.33 bits per heavy atom. The van der Waals surface area contributed by atoms with Crippen molar-refractivity contribution in [2.24, 2.45) is 0 Å². The molecule has 0 aromatic heterocycles. The van der Waals surface area contributed by atoms with Gasteiger partial charge >= 0.3 is 0 Å². The van der Waals surface area contributed by atoms with Crippen LogP contribution in [0, 0.1) is 0 Å². The van der Waals surface area contributed by atoms with Gasteiger partial charge in [0.2, 0.25) is 0 Å². The fourth-order valence-corrected chi connectivity index (χ4v) is 1.41. The van der Waals surface area contributed by atoms with E-state index < -0.39 is 0 Å². The smallest absolute Gasteiger partial charge is 0.0547 e. The topological polar surface area (TPSA) is 21.3 Å². The first-order valence-corrected chi connectivity index (χ1v) is 6.24. The lowest BCUT2D eigenvalue weighted by atomic mass is 10.2. The third-order valence-electron chi connectivity index (χ3n) is 2.35. The van der Waals surface area contributed by atoms with Gasteiger partial charge in [-0.2, -0.15) is 0 Å². The Morgan fingerprint density at radius 2 is 2.13 bits per heavy atom. The number of ether oxygens (including phenoxy) is 1. The predicted molar refractivity (Wildman–Crippen MR) is 67.2 cm³/mol. The van der Waals surface area contributed by atoms with E-state index in [1.807, 2.05) is 6.08 Å². The van der Waals surface area contributed by atoms with Gasteiger partial charge in [-0.25, -0.2) is 0 Å². The van der Waals surface area contributed by atoms with Crippen LogP contribution in [0.15, 0.2) is 12.7 Å². The van der Waals surface area contributed by atoms with E-state index in [-0.39, 0.29) is 0 Å². The van der Waals surface area contributed by atoms with Crippen LogP contribution >= 0.6 is 0 Å². The van der Waals surface area contributed by atoms with E-state index in [0.29, 0.717) is 6.10 Å². The first-order chi connectivity index (χ1) is 7.31. The van der Waals surface area contributed by atoms with Crippen LogP contribution < -0.4 is 5.32 Å². The summed E-state index contributed by atoms with van der Waals surface area (Å²) in [5, 5.41) is 3.40. The van der Waals surface area contributed by atoms with Crippen LogP contribution in [-0.2, 0) is 4.74 Å². The average molecular weight is 213 g/mol. The maximum Gasteiger partial charge on any atom is 0.0547 e. The zero-order chi connectivity index (χ0) is 11.4. The maximum absolute atomic E-state index is 5.68. The summed E-state index contributed by atoms with van der Waals surface area (Å²) in [6.07, 6.45) is 8.09. The fraction of sp³-hybridized carbons (Fsp3) is 0.846. The van der Waals surface area contributed by atoms with Crippen molar-refractivity contribution in [3.8, 4) is 0 Å². The van der Waals surface area contributed by atoms with Crippen molar-refractivity contribution in [3.63, 3.8) is 0 Å². The lowest BCUT2D eigenvalue weighted by Gasteiger charge is -2.12. The van der Waals surface area contributed by atoms with Gasteiger partial charge in [-0.1, -0.05) is 13.0 Å². The fourth-order valence-electron chi connectivity index (χ4n) is 1.41. The molecule has 90 valence electrons. The van der Waals surface area contributed by atoms with Crippen molar-refractivity contribution in [1.82, 2.24) is 5.32 Å². The molecule has 0 aromatic rings. The van der Waals surface area contributed by atoms with Crippen LogP contribution in [0.1, 0.15) is 46.0 Å². The van der Waals surface area contributed by atoms with Gasteiger partial charge in [0.1, 0.15) is 0 Å². The van der Waals surface area contributed by atoms with Crippen molar-refractivity contribution in [2.45, 2.75) is 52.1 Å². The highest BCUT2D eigenvalue weighted by Crippen LogP contribution is 2.02. The largest absolute Gasteiger partial charge is 0.378 e.